The van der Waals surface area contributed by atoms with Crippen molar-refractivity contribution in [2.45, 2.75) is 0 Å². The van der Waals surface area contributed by atoms with Crippen LogP contribution in [0, 0.1) is 0 Å². The maximum Gasteiger partial charge on any atom is 0.133 e. The molecular weight excluding hydrogens is 166 g/mol. The minimum absolute atomic E-state index is 0.689. The van der Waals surface area contributed by atoms with Crippen molar-refractivity contribution in [3.8, 4) is 0 Å². The van der Waals surface area contributed by atoms with Crippen LogP contribution in [-0.2, 0) is 0 Å². The third kappa shape index (κ3) is 1.51. The number of allylic oxidation sites excluding steroid dienone is 3. The van der Waals surface area contributed by atoms with Gasteiger partial charge in [0.15, 0.2) is 0 Å². The largest absolute Gasteiger partial charge is 0.411 e. The Morgan fingerprint density at radius 1 is 1.54 bits per heavy atom. The van der Waals surface area contributed by atoms with E-state index in [0.29, 0.717) is 5.70 Å². The normalized spacial score (nSPS) is 20.2. The summed E-state index contributed by atoms with van der Waals surface area (Å²) in [5, 5.41) is 11.3. The monoisotopic (exact) mass is 175 g/mol. The molecule has 0 spiro atoms. The number of rotatable bonds is 1. The lowest BCUT2D eigenvalue weighted by atomic mass is 10.2. The Kier molecular flexibility index (Phi) is 1.96. The highest BCUT2D eigenvalue weighted by molar-refractivity contribution is 5.99. The summed E-state index contributed by atoms with van der Waals surface area (Å²) in [6.45, 7) is 0.765. The zero-order valence-corrected chi connectivity index (χ0v) is 6.96. The third-order valence-corrected chi connectivity index (χ3v) is 1.85. The summed E-state index contributed by atoms with van der Waals surface area (Å²) in [6, 6.07) is 0. The molecule has 0 aromatic carbocycles. The van der Waals surface area contributed by atoms with Crippen molar-refractivity contribution in [3.05, 3.63) is 36.2 Å². The summed E-state index contributed by atoms with van der Waals surface area (Å²) in [7, 11) is 0. The zero-order valence-electron chi connectivity index (χ0n) is 6.96. The average molecular weight is 175 g/mol. The minimum atomic E-state index is 0.689. The Hall–Kier alpha value is -1.84. The van der Waals surface area contributed by atoms with Crippen molar-refractivity contribution in [3.63, 3.8) is 0 Å². The summed E-state index contributed by atoms with van der Waals surface area (Å²) >= 11 is 0. The molecule has 0 aliphatic carbocycles. The molecule has 4 nitrogen and oxygen atoms in total. The molecule has 13 heavy (non-hydrogen) atoms. The van der Waals surface area contributed by atoms with Gasteiger partial charge in [0.1, 0.15) is 5.84 Å². The predicted molar refractivity (Wildman–Crippen MR) is 50.8 cm³/mol. The number of aliphatic imine (C=N–C) groups is 1. The van der Waals surface area contributed by atoms with Crippen molar-refractivity contribution in [2.75, 3.05) is 6.54 Å². The van der Waals surface area contributed by atoms with Crippen LogP contribution in [0.1, 0.15) is 0 Å². The second-order valence-corrected chi connectivity index (χ2v) is 2.70. The summed E-state index contributed by atoms with van der Waals surface area (Å²) in [5.41, 5.74) is 0.689. The standard InChI is InChI=1S/C9H9N3O/c13-10-7-8-4-6-12-5-2-1-3-9(12)11-8/h1-5,7,13H,6H2. The Morgan fingerprint density at radius 2 is 2.46 bits per heavy atom. The van der Waals surface area contributed by atoms with Gasteiger partial charge in [0.25, 0.3) is 0 Å². The minimum Gasteiger partial charge on any atom is -0.411 e. The SMILES string of the molecule is ON=CC1=CCN2C=CC=CC2=N1. The van der Waals surface area contributed by atoms with Gasteiger partial charge in [-0.15, -0.1) is 0 Å². The topological polar surface area (TPSA) is 48.2 Å². The molecule has 4 heteroatoms. The van der Waals surface area contributed by atoms with Gasteiger partial charge in [-0.2, -0.15) is 0 Å². The van der Waals surface area contributed by atoms with E-state index in [1.54, 1.807) is 0 Å². The smallest absolute Gasteiger partial charge is 0.133 e. The van der Waals surface area contributed by atoms with Crippen LogP contribution in [0.15, 0.2) is 46.3 Å². The summed E-state index contributed by atoms with van der Waals surface area (Å²) in [5.74, 6) is 0.875. The first-order valence-corrected chi connectivity index (χ1v) is 3.98. The van der Waals surface area contributed by atoms with Gasteiger partial charge in [0.2, 0.25) is 0 Å². The number of amidine groups is 1. The van der Waals surface area contributed by atoms with Gasteiger partial charge in [0.05, 0.1) is 11.9 Å². The fourth-order valence-electron chi connectivity index (χ4n) is 1.23. The van der Waals surface area contributed by atoms with Crippen LogP contribution in [0.2, 0.25) is 0 Å². The van der Waals surface area contributed by atoms with Crippen LogP contribution in [0.25, 0.3) is 0 Å². The van der Waals surface area contributed by atoms with E-state index < -0.39 is 0 Å². The number of nitrogens with zero attached hydrogens (tertiary/aromatic N) is 3. The summed E-state index contributed by atoms with van der Waals surface area (Å²) < 4.78 is 0. The maximum absolute atomic E-state index is 8.33. The molecule has 0 saturated carbocycles. The van der Waals surface area contributed by atoms with E-state index in [2.05, 4.69) is 10.1 Å². The molecule has 2 heterocycles. The van der Waals surface area contributed by atoms with E-state index in [1.807, 2.05) is 35.4 Å². The van der Waals surface area contributed by atoms with Crippen molar-refractivity contribution < 1.29 is 5.21 Å². The van der Waals surface area contributed by atoms with Crippen LogP contribution in [0.3, 0.4) is 0 Å². The molecule has 0 radical (unpaired) electrons. The summed E-state index contributed by atoms with van der Waals surface area (Å²) in [4.78, 5) is 6.26. The van der Waals surface area contributed by atoms with E-state index in [-0.39, 0.29) is 0 Å². The molecule has 66 valence electrons. The molecule has 2 aliphatic heterocycles. The van der Waals surface area contributed by atoms with E-state index in [1.165, 1.54) is 6.21 Å². The first kappa shape index (κ1) is 7.79. The fraction of sp³-hybridized carbons (Fsp3) is 0.111. The molecule has 1 N–H and O–H groups in total. The molecule has 2 rings (SSSR count). The average Bonchev–Trinajstić information content (AvgIpc) is 2.18. The Bertz CT molecular complexity index is 350. The van der Waals surface area contributed by atoms with Crippen LogP contribution < -0.4 is 0 Å². The Labute approximate surface area is 75.9 Å². The van der Waals surface area contributed by atoms with Crippen molar-refractivity contribution in [1.29, 1.82) is 0 Å². The first-order valence-electron chi connectivity index (χ1n) is 3.98. The molecule has 0 fully saturated rings. The molecule has 0 unspecified atom stereocenters. The van der Waals surface area contributed by atoms with E-state index >= 15 is 0 Å². The van der Waals surface area contributed by atoms with Crippen molar-refractivity contribution in [2.24, 2.45) is 10.1 Å². The lowest BCUT2D eigenvalue weighted by Gasteiger charge is -2.23. The highest BCUT2D eigenvalue weighted by Crippen LogP contribution is 2.10. The quantitative estimate of drug-likeness (QED) is 0.369. The lowest BCUT2D eigenvalue weighted by Crippen LogP contribution is -2.28. The molecule has 0 bridgehead atoms. The Balaban J connectivity index is 2.25. The zero-order chi connectivity index (χ0) is 9.10. The molecule has 0 aromatic heterocycles. The van der Waals surface area contributed by atoms with Gasteiger partial charge >= 0.3 is 0 Å². The lowest BCUT2D eigenvalue weighted by molar-refractivity contribution is 0.321. The van der Waals surface area contributed by atoms with E-state index in [4.69, 9.17) is 5.21 Å². The highest BCUT2D eigenvalue weighted by atomic mass is 16.4. The van der Waals surface area contributed by atoms with E-state index in [0.717, 1.165) is 12.4 Å². The van der Waals surface area contributed by atoms with Gasteiger partial charge in [-0.1, -0.05) is 11.2 Å². The van der Waals surface area contributed by atoms with Gasteiger partial charge in [-0.05, 0) is 18.2 Å². The molecule has 0 amide bonds. The molecular formula is C9H9N3O. The van der Waals surface area contributed by atoms with Gasteiger partial charge in [-0.3, -0.25) is 0 Å². The van der Waals surface area contributed by atoms with Crippen LogP contribution >= 0.6 is 0 Å². The molecule has 2 aliphatic rings. The van der Waals surface area contributed by atoms with Gasteiger partial charge in [0, 0.05) is 12.7 Å². The number of oxime groups is 1. The van der Waals surface area contributed by atoms with Crippen molar-refractivity contribution in [1.82, 2.24) is 4.90 Å². The van der Waals surface area contributed by atoms with Crippen LogP contribution in [0.4, 0.5) is 0 Å². The first-order chi connectivity index (χ1) is 6.40. The fourth-order valence-corrected chi connectivity index (χ4v) is 1.23. The second-order valence-electron chi connectivity index (χ2n) is 2.70. The molecule has 0 atom stereocenters. The number of fused-ring (bicyclic) bond motifs is 1. The molecule has 0 aromatic rings. The maximum atomic E-state index is 8.33. The van der Waals surface area contributed by atoms with E-state index in [9.17, 15) is 0 Å². The second kappa shape index (κ2) is 3.26. The highest BCUT2D eigenvalue weighted by Gasteiger charge is 2.11. The van der Waals surface area contributed by atoms with Gasteiger partial charge in [-0.25, -0.2) is 4.99 Å². The van der Waals surface area contributed by atoms with Crippen LogP contribution in [-0.4, -0.2) is 28.7 Å². The van der Waals surface area contributed by atoms with Crippen LogP contribution in [0.5, 0.6) is 0 Å². The van der Waals surface area contributed by atoms with Gasteiger partial charge < -0.3 is 10.1 Å². The predicted octanol–water partition coefficient (Wildman–Crippen LogP) is 1.13. The van der Waals surface area contributed by atoms with Crippen molar-refractivity contribution >= 4 is 12.1 Å². The number of hydrogen-bond donors (Lipinski definition) is 1. The Morgan fingerprint density at radius 3 is 3.31 bits per heavy atom. The summed E-state index contributed by atoms with van der Waals surface area (Å²) in [6.07, 6.45) is 11.0. The number of hydrogen-bond acceptors (Lipinski definition) is 4. The third-order valence-electron chi connectivity index (χ3n) is 1.85. The molecule has 0 saturated heterocycles.